The number of aromatic nitrogens is 2. The van der Waals surface area contributed by atoms with Gasteiger partial charge in [-0.15, -0.1) is 10.2 Å². The molecule has 0 unspecified atom stereocenters. The summed E-state index contributed by atoms with van der Waals surface area (Å²) in [5.74, 6) is 1.42. The molecular weight excluding hydrogens is 378 g/mol. The van der Waals surface area contributed by atoms with Crippen molar-refractivity contribution in [1.29, 1.82) is 0 Å². The molecule has 136 valence electrons. The van der Waals surface area contributed by atoms with Gasteiger partial charge >= 0.3 is 0 Å². The predicted molar refractivity (Wildman–Crippen MR) is 96.6 cm³/mol. The lowest BCUT2D eigenvalue weighted by molar-refractivity contribution is 0.415. The van der Waals surface area contributed by atoms with Crippen molar-refractivity contribution in [3.63, 3.8) is 0 Å². The molecule has 0 aliphatic carbocycles. The lowest BCUT2D eigenvalue weighted by atomic mass is 10.2. The number of hydrogen-bond acceptors (Lipinski definition) is 6. The van der Waals surface area contributed by atoms with Crippen LogP contribution in [0.25, 0.3) is 11.5 Å². The molecule has 26 heavy (non-hydrogen) atoms. The van der Waals surface area contributed by atoms with Crippen molar-refractivity contribution < 1.29 is 17.6 Å². The number of hydrogen-bond donors (Lipinski definition) is 1. The zero-order valence-electron chi connectivity index (χ0n) is 13.8. The third kappa shape index (κ3) is 4.40. The maximum atomic E-state index is 12.2. The van der Waals surface area contributed by atoms with Crippen LogP contribution < -0.4 is 9.46 Å². The second-order valence-electron chi connectivity index (χ2n) is 5.33. The van der Waals surface area contributed by atoms with Crippen LogP contribution in [0.3, 0.4) is 0 Å². The third-order valence-corrected chi connectivity index (χ3v) is 5.23. The summed E-state index contributed by atoms with van der Waals surface area (Å²) in [6.45, 7) is 0.124. The SMILES string of the molecule is COc1ccc(-c2nnc(CCNS(=O)(=O)c3cccc(Cl)c3)o2)cc1. The van der Waals surface area contributed by atoms with Crippen LogP contribution in [0.2, 0.25) is 5.02 Å². The molecule has 0 fully saturated rings. The summed E-state index contributed by atoms with van der Waals surface area (Å²) in [6, 6.07) is 13.2. The van der Waals surface area contributed by atoms with E-state index in [1.54, 1.807) is 43.5 Å². The largest absolute Gasteiger partial charge is 0.497 e. The van der Waals surface area contributed by atoms with Crippen molar-refractivity contribution in [2.75, 3.05) is 13.7 Å². The van der Waals surface area contributed by atoms with Crippen molar-refractivity contribution in [3.05, 3.63) is 59.4 Å². The number of benzene rings is 2. The summed E-state index contributed by atoms with van der Waals surface area (Å²) in [5, 5.41) is 8.27. The Morgan fingerprint density at radius 1 is 1.15 bits per heavy atom. The molecule has 9 heteroatoms. The monoisotopic (exact) mass is 393 g/mol. The molecule has 0 saturated heterocycles. The fraction of sp³-hybridized carbons (Fsp3) is 0.176. The Morgan fingerprint density at radius 3 is 2.62 bits per heavy atom. The lowest BCUT2D eigenvalue weighted by Gasteiger charge is -2.05. The topological polar surface area (TPSA) is 94.3 Å². The van der Waals surface area contributed by atoms with Gasteiger partial charge in [0, 0.05) is 23.6 Å². The van der Waals surface area contributed by atoms with Crippen LogP contribution in [0, 0.1) is 0 Å². The predicted octanol–water partition coefficient (Wildman–Crippen LogP) is 2.92. The first-order valence-corrected chi connectivity index (χ1v) is 9.56. The first-order chi connectivity index (χ1) is 12.5. The molecule has 1 N–H and O–H groups in total. The molecule has 0 spiro atoms. The molecule has 1 heterocycles. The van der Waals surface area contributed by atoms with Gasteiger partial charge in [-0.25, -0.2) is 13.1 Å². The number of methoxy groups -OCH3 is 1. The third-order valence-electron chi connectivity index (χ3n) is 3.54. The number of ether oxygens (including phenoxy) is 1. The minimum absolute atomic E-state index is 0.106. The number of halogens is 1. The van der Waals surface area contributed by atoms with E-state index >= 15 is 0 Å². The zero-order valence-corrected chi connectivity index (χ0v) is 15.4. The van der Waals surface area contributed by atoms with Gasteiger partial charge in [0.2, 0.25) is 21.8 Å². The summed E-state index contributed by atoms with van der Waals surface area (Å²) in [4.78, 5) is 0.106. The van der Waals surface area contributed by atoms with Crippen LogP contribution in [0.15, 0.2) is 57.8 Å². The molecule has 2 aromatic carbocycles. The minimum atomic E-state index is -3.64. The minimum Gasteiger partial charge on any atom is -0.497 e. The van der Waals surface area contributed by atoms with Crippen molar-refractivity contribution in [2.45, 2.75) is 11.3 Å². The second kappa shape index (κ2) is 7.86. The van der Waals surface area contributed by atoms with Gasteiger partial charge < -0.3 is 9.15 Å². The van der Waals surface area contributed by atoms with Crippen LogP contribution in [0.5, 0.6) is 5.75 Å². The van der Waals surface area contributed by atoms with E-state index in [2.05, 4.69) is 14.9 Å². The first-order valence-electron chi connectivity index (χ1n) is 7.70. The molecule has 3 rings (SSSR count). The number of nitrogens with zero attached hydrogens (tertiary/aromatic N) is 2. The van der Waals surface area contributed by atoms with Crippen molar-refractivity contribution in [1.82, 2.24) is 14.9 Å². The molecule has 0 radical (unpaired) electrons. The van der Waals surface area contributed by atoms with Crippen molar-refractivity contribution in [2.24, 2.45) is 0 Å². The fourth-order valence-corrected chi connectivity index (χ4v) is 3.55. The van der Waals surface area contributed by atoms with Crippen LogP contribution in [-0.2, 0) is 16.4 Å². The van der Waals surface area contributed by atoms with E-state index < -0.39 is 10.0 Å². The van der Waals surface area contributed by atoms with Gasteiger partial charge in [0.05, 0.1) is 12.0 Å². The Balaban J connectivity index is 1.61. The Kier molecular flexibility index (Phi) is 5.55. The maximum absolute atomic E-state index is 12.2. The van der Waals surface area contributed by atoms with Crippen LogP contribution in [-0.4, -0.2) is 32.3 Å². The summed E-state index contributed by atoms with van der Waals surface area (Å²) < 4.78 is 37.6. The molecule has 0 bridgehead atoms. The van der Waals surface area contributed by atoms with E-state index in [4.69, 9.17) is 20.8 Å². The molecule has 0 saturated carbocycles. The molecule has 1 aromatic heterocycles. The van der Waals surface area contributed by atoms with Crippen LogP contribution in [0.1, 0.15) is 5.89 Å². The summed E-state index contributed by atoms with van der Waals surface area (Å²) in [7, 11) is -2.06. The highest BCUT2D eigenvalue weighted by Gasteiger charge is 2.15. The maximum Gasteiger partial charge on any atom is 0.247 e. The normalized spacial score (nSPS) is 11.5. The summed E-state index contributed by atoms with van der Waals surface area (Å²) in [5.41, 5.74) is 0.754. The standard InChI is InChI=1S/C17H16ClN3O4S/c1-24-14-7-5-12(6-8-14)17-21-20-16(25-17)9-10-19-26(22,23)15-4-2-3-13(18)11-15/h2-8,11,19H,9-10H2,1H3. The summed E-state index contributed by atoms with van der Waals surface area (Å²) in [6.07, 6.45) is 0.267. The highest BCUT2D eigenvalue weighted by atomic mass is 35.5. The van der Waals surface area contributed by atoms with Gasteiger partial charge in [-0.05, 0) is 42.5 Å². The molecule has 7 nitrogen and oxygen atoms in total. The van der Waals surface area contributed by atoms with Gasteiger partial charge in [0.25, 0.3) is 0 Å². The Morgan fingerprint density at radius 2 is 1.92 bits per heavy atom. The van der Waals surface area contributed by atoms with E-state index in [0.717, 1.165) is 11.3 Å². The Hall–Kier alpha value is -2.42. The van der Waals surface area contributed by atoms with E-state index in [1.807, 2.05) is 0 Å². The Labute approximate surface area is 156 Å². The van der Waals surface area contributed by atoms with E-state index in [-0.39, 0.29) is 17.9 Å². The summed E-state index contributed by atoms with van der Waals surface area (Å²) >= 11 is 5.83. The molecule has 0 amide bonds. The number of nitrogens with one attached hydrogen (secondary N) is 1. The van der Waals surface area contributed by atoms with Gasteiger partial charge in [-0.3, -0.25) is 0 Å². The zero-order chi connectivity index (χ0) is 18.6. The number of rotatable bonds is 7. The van der Waals surface area contributed by atoms with Gasteiger partial charge in [0.15, 0.2) is 0 Å². The van der Waals surface area contributed by atoms with Crippen LogP contribution in [0.4, 0.5) is 0 Å². The van der Waals surface area contributed by atoms with Gasteiger partial charge in [-0.2, -0.15) is 0 Å². The van der Waals surface area contributed by atoms with E-state index in [0.29, 0.717) is 16.8 Å². The lowest BCUT2D eigenvalue weighted by Crippen LogP contribution is -2.26. The number of sulfonamides is 1. The second-order valence-corrected chi connectivity index (χ2v) is 7.54. The molecule has 0 aliphatic rings. The van der Waals surface area contributed by atoms with E-state index in [9.17, 15) is 8.42 Å². The first kappa shape index (κ1) is 18.4. The average Bonchev–Trinajstić information content (AvgIpc) is 3.10. The highest BCUT2D eigenvalue weighted by Crippen LogP contribution is 2.21. The average molecular weight is 394 g/mol. The molecular formula is C17H16ClN3O4S. The molecule has 3 aromatic rings. The highest BCUT2D eigenvalue weighted by molar-refractivity contribution is 7.89. The molecule has 0 atom stereocenters. The quantitative estimate of drug-likeness (QED) is 0.663. The van der Waals surface area contributed by atoms with Crippen molar-refractivity contribution >= 4 is 21.6 Å². The van der Waals surface area contributed by atoms with Gasteiger partial charge in [-0.1, -0.05) is 17.7 Å². The van der Waals surface area contributed by atoms with Crippen LogP contribution >= 0.6 is 11.6 Å². The fourth-order valence-electron chi connectivity index (χ4n) is 2.21. The van der Waals surface area contributed by atoms with Crippen molar-refractivity contribution in [3.8, 4) is 17.2 Å². The van der Waals surface area contributed by atoms with E-state index in [1.165, 1.54) is 12.1 Å². The van der Waals surface area contributed by atoms with Gasteiger partial charge in [0.1, 0.15) is 5.75 Å². The Bertz CT molecular complexity index is 987. The molecule has 0 aliphatic heterocycles. The smallest absolute Gasteiger partial charge is 0.247 e.